The Balaban J connectivity index is 3.04. The molecule has 1 unspecified atom stereocenters. The zero-order chi connectivity index (χ0) is 19.9. The van der Waals surface area contributed by atoms with Crippen LogP contribution in [0.1, 0.15) is 47.0 Å². The van der Waals surface area contributed by atoms with Crippen molar-refractivity contribution in [1.82, 2.24) is 5.32 Å². The third-order valence-corrected chi connectivity index (χ3v) is 5.00. The number of carbonyl (C=O) groups is 2. The van der Waals surface area contributed by atoms with E-state index >= 15 is 0 Å². The highest BCUT2D eigenvalue weighted by Gasteiger charge is 2.37. The smallest absolute Gasteiger partial charge is 0.369 e. The molecule has 26 heavy (non-hydrogen) atoms. The average molecular weight is 392 g/mol. The number of amides is 1. The summed E-state index contributed by atoms with van der Waals surface area (Å²) in [6.45, 7) is 6.73. The second-order valence-electron chi connectivity index (χ2n) is 6.09. The Morgan fingerprint density at radius 1 is 1.38 bits per heavy atom. The van der Waals surface area contributed by atoms with E-state index in [1.54, 1.807) is 0 Å². The molecule has 0 heterocycles. The van der Waals surface area contributed by atoms with Crippen molar-refractivity contribution in [2.24, 2.45) is 5.73 Å². The van der Waals surface area contributed by atoms with E-state index < -0.39 is 32.0 Å². The third-order valence-electron chi connectivity index (χ3n) is 4.02. The van der Waals surface area contributed by atoms with Gasteiger partial charge in [0.25, 0.3) is 0 Å². The molecule has 1 amide bonds. The standard InChI is InChI=1S/C16H29N2O7P/c1-5-12(6-2)24-14-9-11(8-13(17)15(14)18-10(4)19)16(20)25-26(21,22)23-7-3/h9,12-15H,5-8,17H2,1-4H3,(H,18,19)(H,21,22)/t13-,14+,15+/m0/s1. The molecule has 10 heteroatoms. The highest BCUT2D eigenvalue weighted by Crippen LogP contribution is 2.44. The van der Waals surface area contributed by atoms with Crippen LogP contribution in [0.5, 0.6) is 0 Å². The monoisotopic (exact) mass is 392 g/mol. The maximum absolute atomic E-state index is 12.2. The minimum Gasteiger partial charge on any atom is -0.369 e. The van der Waals surface area contributed by atoms with E-state index in [4.69, 9.17) is 10.5 Å². The summed E-state index contributed by atoms with van der Waals surface area (Å²) in [6.07, 6.45) is 2.33. The summed E-state index contributed by atoms with van der Waals surface area (Å²) >= 11 is 0. The fraction of sp³-hybridized carbons (Fsp3) is 0.750. The summed E-state index contributed by atoms with van der Waals surface area (Å²) in [5, 5.41) is 2.75. The van der Waals surface area contributed by atoms with Crippen LogP contribution >= 0.6 is 7.82 Å². The molecule has 0 aromatic carbocycles. The van der Waals surface area contributed by atoms with E-state index in [-0.39, 0.29) is 30.6 Å². The number of phosphoric acid groups is 1. The SMILES string of the molecule is CCOP(=O)(O)OC(=O)C1=C[C@@H](OC(CC)CC)[C@H](NC(C)=O)[C@@H](N)C1. The van der Waals surface area contributed by atoms with Gasteiger partial charge < -0.3 is 20.3 Å². The van der Waals surface area contributed by atoms with Crippen molar-refractivity contribution in [3.8, 4) is 0 Å². The first kappa shape index (κ1) is 22.8. The average Bonchev–Trinajstić information content (AvgIpc) is 2.54. The van der Waals surface area contributed by atoms with Gasteiger partial charge in [-0.3, -0.25) is 14.2 Å². The lowest BCUT2D eigenvalue weighted by atomic mass is 9.88. The van der Waals surface area contributed by atoms with E-state index in [1.165, 1.54) is 19.9 Å². The molecule has 0 spiro atoms. The molecular weight excluding hydrogens is 363 g/mol. The molecular formula is C16H29N2O7P. The van der Waals surface area contributed by atoms with Crippen LogP contribution in [0.15, 0.2) is 11.6 Å². The first-order chi connectivity index (χ1) is 12.1. The fourth-order valence-corrected chi connectivity index (χ4v) is 3.46. The van der Waals surface area contributed by atoms with Crippen LogP contribution in [0, 0.1) is 0 Å². The number of phosphoric ester groups is 1. The van der Waals surface area contributed by atoms with Gasteiger partial charge in [-0.1, -0.05) is 13.8 Å². The van der Waals surface area contributed by atoms with E-state index in [1.807, 2.05) is 13.8 Å². The highest BCUT2D eigenvalue weighted by atomic mass is 31.2. The number of hydrogen-bond acceptors (Lipinski definition) is 7. The molecule has 0 aromatic rings. The quantitative estimate of drug-likeness (QED) is 0.501. The van der Waals surface area contributed by atoms with Gasteiger partial charge >= 0.3 is 13.8 Å². The molecule has 0 aromatic heterocycles. The summed E-state index contributed by atoms with van der Waals surface area (Å²) in [5.41, 5.74) is 6.24. The molecule has 0 saturated carbocycles. The lowest BCUT2D eigenvalue weighted by Gasteiger charge is -2.36. The van der Waals surface area contributed by atoms with Crippen LogP contribution in [0.3, 0.4) is 0 Å². The molecule has 9 nitrogen and oxygen atoms in total. The number of nitrogens with two attached hydrogens (primary N) is 1. The minimum absolute atomic E-state index is 0.0681. The summed E-state index contributed by atoms with van der Waals surface area (Å²) in [7, 11) is -4.47. The van der Waals surface area contributed by atoms with Crippen molar-refractivity contribution in [2.75, 3.05) is 6.61 Å². The van der Waals surface area contributed by atoms with Crippen molar-refractivity contribution in [3.05, 3.63) is 11.6 Å². The maximum atomic E-state index is 12.2. The normalized spacial score (nSPS) is 25.3. The van der Waals surface area contributed by atoms with Crippen LogP contribution < -0.4 is 11.1 Å². The van der Waals surface area contributed by atoms with Gasteiger partial charge in [-0.25, -0.2) is 9.36 Å². The second kappa shape index (κ2) is 10.2. The topological polar surface area (TPSA) is 137 Å². The van der Waals surface area contributed by atoms with Gasteiger partial charge in [0.1, 0.15) is 0 Å². The van der Waals surface area contributed by atoms with Crippen molar-refractivity contribution in [2.45, 2.75) is 71.2 Å². The minimum atomic E-state index is -4.47. The summed E-state index contributed by atoms with van der Waals surface area (Å²) in [4.78, 5) is 33.2. The van der Waals surface area contributed by atoms with Crippen LogP contribution in [0.25, 0.3) is 0 Å². The highest BCUT2D eigenvalue weighted by molar-refractivity contribution is 7.48. The number of carbonyl (C=O) groups excluding carboxylic acids is 2. The number of hydrogen-bond donors (Lipinski definition) is 3. The largest absolute Gasteiger partial charge is 0.529 e. The summed E-state index contributed by atoms with van der Waals surface area (Å²) < 4.78 is 26.8. The Morgan fingerprint density at radius 2 is 2.00 bits per heavy atom. The lowest BCUT2D eigenvalue weighted by Crippen LogP contribution is -2.57. The Labute approximate surface area is 153 Å². The summed E-state index contributed by atoms with van der Waals surface area (Å²) in [5.74, 6) is -1.25. The molecule has 1 aliphatic carbocycles. The first-order valence-corrected chi connectivity index (χ1v) is 10.2. The zero-order valence-corrected chi connectivity index (χ0v) is 16.5. The molecule has 1 aliphatic rings. The predicted molar refractivity (Wildman–Crippen MR) is 95.1 cm³/mol. The van der Waals surface area contributed by atoms with Gasteiger partial charge in [-0.2, -0.15) is 0 Å². The number of ether oxygens (including phenoxy) is 1. The van der Waals surface area contributed by atoms with Crippen LogP contribution in [0.2, 0.25) is 0 Å². The van der Waals surface area contributed by atoms with Gasteiger partial charge in [0.15, 0.2) is 0 Å². The molecule has 0 aliphatic heterocycles. The second-order valence-corrected chi connectivity index (χ2v) is 7.47. The van der Waals surface area contributed by atoms with E-state index in [9.17, 15) is 19.0 Å². The van der Waals surface area contributed by atoms with Gasteiger partial charge in [0.05, 0.1) is 24.9 Å². The maximum Gasteiger partial charge on any atom is 0.529 e. The van der Waals surface area contributed by atoms with Crippen molar-refractivity contribution >= 4 is 19.7 Å². The fourth-order valence-electron chi connectivity index (χ4n) is 2.75. The Morgan fingerprint density at radius 3 is 2.50 bits per heavy atom. The van der Waals surface area contributed by atoms with Crippen LogP contribution in [-0.4, -0.2) is 47.7 Å². The number of nitrogens with one attached hydrogen (secondary N) is 1. The lowest BCUT2D eigenvalue weighted by molar-refractivity contribution is -0.132. The molecule has 4 N–H and O–H groups in total. The van der Waals surface area contributed by atoms with E-state index in [2.05, 4.69) is 14.4 Å². The molecule has 150 valence electrons. The Bertz CT molecular complexity index is 577. The van der Waals surface area contributed by atoms with Crippen molar-refractivity contribution in [3.63, 3.8) is 0 Å². The van der Waals surface area contributed by atoms with E-state index in [0.29, 0.717) is 0 Å². The molecule has 0 radical (unpaired) electrons. The van der Waals surface area contributed by atoms with Crippen molar-refractivity contribution < 1.29 is 32.8 Å². The van der Waals surface area contributed by atoms with Crippen LogP contribution in [-0.2, 0) is 27.9 Å². The predicted octanol–water partition coefficient (Wildman–Crippen LogP) is 1.40. The molecule has 0 saturated heterocycles. The van der Waals surface area contributed by atoms with Gasteiger partial charge in [-0.05, 0) is 32.3 Å². The number of rotatable bonds is 9. The molecule has 1 rings (SSSR count). The Kier molecular flexibility index (Phi) is 8.92. The molecule has 0 bridgehead atoms. The van der Waals surface area contributed by atoms with Crippen molar-refractivity contribution in [1.29, 1.82) is 0 Å². The first-order valence-electron chi connectivity index (χ1n) is 8.73. The van der Waals surface area contributed by atoms with Crippen LogP contribution in [0.4, 0.5) is 0 Å². The van der Waals surface area contributed by atoms with E-state index in [0.717, 1.165) is 12.8 Å². The molecule has 4 atom stereocenters. The zero-order valence-electron chi connectivity index (χ0n) is 15.6. The summed E-state index contributed by atoms with van der Waals surface area (Å²) in [6, 6.07) is -1.13. The third kappa shape index (κ3) is 6.81. The Hall–Kier alpha value is -1.25. The molecule has 0 fully saturated rings. The van der Waals surface area contributed by atoms with Gasteiger partial charge in [0, 0.05) is 18.5 Å². The van der Waals surface area contributed by atoms with Gasteiger partial charge in [0.2, 0.25) is 5.91 Å². The van der Waals surface area contributed by atoms with Gasteiger partial charge in [-0.15, -0.1) is 0 Å².